The molecule has 1 amide bonds. The summed E-state index contributed by atoms with van der Waals surface area (Å²) in [4.78, 5) is 16.8. The first-order valence-corrected chi connectivity index (χ1v) is 8.66. The second-order valence-corrected chi connectivity index (χ2v) is 6.43. The van der Waals surface area contributed by atoms with E-state index in [2.05, 4.69) is 15.4 Å². The molecule has 4 rings (SSSR count). The molecule has 1 aliphatic heterocycles. The maximum absolute atomic E-state index is 12.2. The lowest BCUT2D eigenvalue weighted by atomic mass is 9.95. The molecule has 4 N–H and O–H groups in total. The van der Waals surface area contributed by atoms with Gasteiger partial charge in [-0.3, -0.25) is 4.79 Å². The number of benzene rings is 2. The number of anilines is 1. The highest BCUT2D eigenvalue weighted by Crippen LogP contribution is 2.37. The van der Waals surface area contributed by atoms with E-state index in [0.717, 1.165) is 11.1 Å². The van der Waals surface area contributed by atoms with E-state index in [-0.39, 0.29) is 5.75 Å². The molecule has 8 nitrogen and oxygen atoms in total. The number of methoxy groups -OCH3 is 1. The summed E-state index contributed by atoms with van der Waals surface area (Å²) in [5.41, 5.74) is 8.15. The maximum Gasteiger partial charge on any atom is 0.248 e. The highest BCUT2D eigenvalue weighted by atomic mass is 16.5. The summed E-state index contributed by atoms with van der Waals surface area (Å²) < 4.78 is 7.04. The van der Waals surface area contributed by atoms with Gasteiger partial charge < -0.3 is 20.9 Å². The normalized spacial score (nSPS) is 15.7. The van der Waals surface area contributed by atoms with Gasteiger partial charge in [-0.2, -0.15) is 4.98 Å². The third kappa shape index (κ3) is 2.84. The standard InChI is InChI=1S/C20H19N5O3/c1-11-16(18(21)27)17(12-7-9-13(26)10-8-12)25-20(22-11)23-19(24-25)14-5-3-4-6-15(14)28-2/h3-10,17,26H,1-2H3,(H2,21,27)(H,22,23,24). The number of hydrogen-bond donors (Lipinski definition) is 3. The summed E-state index contributed by atoms with van der Waals surface area (Å²) in [7, 11) is 1.59. The highest BCUT2D eigenvalue weighted by molar-refractivity contribution is 5.95. The zero-order valence-corrected chi connectivity index (χ0v) is 15.4. The Hall–Kier alpha value is -3.81. The number of aromatic nitrogens is 3. The number of fused-ring (bicyclic) bond motifs is 1. The first-order valence-electron chi connectivity index (χ1n) is 8.66. The van der Waals surface area contributed by atoms with Gasteiger partial charge in [-0.1, -0.05) is 24.3 Å². The van der Waals surface area contributed by atoms with Crippen LogP contribution in [0.25, 0.3) is 11.4 Å². The highest BCUT2D eigenvalue weighted by Gasteiger charge is 2.33. The van der Waals surface area contributed by atoms with Crippen molar-refractivity contribution in [2.24, 2.45) is 5.73 Å². The average Bonchev–Trinajstić information content (AvgIpc) is 3.10. The number of nitrogens with two attached hydrogens (primary N) is 1. The molecular weight excluding hydrogens is 358 g/mol. The topological polar surface area (TPSA) is 115 Å². The van der Waals surface area contributed by atoms with E-state index < -0.39 is 11.9 Å². The number of primary amides is 1. The molecule has 142 valence electrons. The third-order valence-electron chi connectivity index (χ3n) is 4.67. The SMILES string of the molecule is COc1ccccc1-c1nc2n(n1)C(c1ccc(O)cc1)C(C(N)=O)=C(C)N2. The number of aromatic hydroxyl groups is 1. The van der Waals surface area contributed by atoms with Gasteiger partial charge in [-0.25, -0.2) is 4.68 Å². The zero-order valence-electron chi connectivity index (χ0n) is 15.4. The minimum atomic E-state index is -0.565. The molecule has 1 aromatic heterocycles. The van der Waals surface area contributed by atoms with Crippen molar-refractivity contribution >= 4 is 11.9 Å². The van der Waals surface area contributed by atoms with Crippen LogP contribution in [0.1, 0.15) is 18.5 Å². The summed E-state index contributed by atoms with van der Waals surface area (Å²) in [5, 5.41) is 17.4. The summed E-state index contributed by atoms with van der Waals surface area (Å²) in [6, 6.07) is 13.5. The molecule has 0 spiro atoms. The number of carbonyl (C=O) groups is 1. The van der Waals surface area contributed by atoms with Gasteiger partial charge in [0.05, 0.1) is 18.2 Å². The molecule has 0 aliphatic carbocycles. The molecule has 3 aromatic rings. The molecule has 1 unspecified atom stereocenters. The Morgan fingerprint density at radius 2 is 1.93 bits per heavy atom. The van der Waals surface area contributed by atoms with Gasteiger partial charge in [0.25, 0.3) is 0 Å². The number of rotatable bonds is 4. The third-order valence-corrected chi connectivity index (χ3v) is 4.67. The number of amides is 1. The lowest BCUT2D eigenvalue weighted by molar-refractivity contribution is -0.115. The van der Waals surface area contributed by atoms with Crippen LogP contribution in [0.15, 0.2) is 59.8 Å². The fourth-order valence-electron chi connectivity index (χ4n) is 3.38. The van der Waals surface area contributed by atoms with Gasteiger partial charge in [0.2, 0.25) is 11.9 Å². The van der Waals surface area contributed by atoms with Crippen LogP contribution in [-0.2, 0) is 4.79 Å². The molecule has 0 fully saturated rings. The minimum absolute atomic E-state index is 0.132. The van der Waals surface area contributed by atoms with Crippen molar-refractivity contribution in [3.63, 3.8) is 0 Å². The smallest absolute Gasteiger partial charge is 0.248 e. The van der Waals surface area contributed by atoms with E-state index in [9.17, 15) is 9.90 Å². The second kappa shape index (κ2) is 6.73. The quantitative estimate of drug-likeness (QED) is 0.643. The Bertz CT molecular complexity index is 1090. The monoisotopic (exact) mass is 377 g/mol. The van der Waals surface area contributed by atoms with Crippen LogP contribution in [-0.4, -0.2) is 32.9 Å². The van der Waals surface area contributed by atoms with E-state index >= 15 is 0 Å². The second-order valence-electron chi connectivity index (χ2n) is 6.43. The zero-order chi connectivity index (χ0) is 19.8. The number of nitrogens with zero attached hydrogens (tertiary/aromatic N) is 3. The largest absolute Gasteiger partial charge is 0.508 e. The predicted octanol–water partition coefficient (Wildman–Crippen LogP) is 2.43. The van der Waals surface area contributed by atoms with E-state index in [1.807, 2.05) is 24.3 Å². The molecule has 28 heavy (non-hydrogen) atoms. The van der Waals surface area contributed by atoms with Crippen molar-refractivity contribution in [1.82, 2.24) is 14.8 Å². The number of ether oxygens (including phenoxy) is 1. The van der Waals surface area contributed by atoms with Crippen molar-refractivity contribution in [3.05, 3.63) is 65.4 Å². The van der Waals surface area contributed by atoms with E-state index in [1.54, 1.807) is 43.0 Å². The molecule has 0 saturated heterocycles. The average molecular weight is 377 g/mol. The lowest BCUT2D eigenvalue weighted by Crippen LogP contribution is -2.31. The van der Waals surface area contributed by atoms with Crippen LogP contribution in [0.4, 0.5) is 5.95 Å². The molecule has 0 bridgehead atoms. The number of nitrogens with one attached hydrogen (secondary N) is 1. The predicted molar refractivity (Wildman–Crippen MR) is 104 cm³/mol. The van der Waals surface area contributed by atoms with Gasteiger partial charge in [0, 0.05) is 5.70 Å². The number of phenols is 1. The van der Waals surface area contributed by atoms with Crippen molar-refractivity contribution in [2.45, 2.75) is 13.0 Å². The van der Waals surface area contributed by atoms with Crippen molar-refractivity contribution in [3.8, 4) is 22.9 Å². The van der Waals surface area contributed by atoms with Crippen molar-refractivity contribution < 1.29 is 14.6 Å². The number of carbonyl (C=O) groups excluding carboxylic acids is 1. The van der Waals surface area contributed by atoms with Gasteiger partial charge in [0.1, 0.15) is 17.5 Å². The first kappa shape index (κ1) is 17.6. The van der Waals surface area contributed by atoms with E-state index in [0.29, 0.717) is 28.8 Å². The Kier molecular flexibility index (Phi) is 4.23. The fourth-order valence-corrected chi connectivity index (χ4v) is 3.38. The lowest BCUT2D eigenvalue weighted by Gasteiger charge is -2.27. The molecule has 1 aliphatic rings. The molecular formula is C20H19N5O3. The fraction of sp³-hybridized carbons (Fsp3) is 0.150. The number of para-hydroxylation sites is 1. The Morgan fingerprint density at radius 1 is 1.21 bits per heavy atom. The summed E-state index contributed by atoms with van der Waals surface area (Å²) >= 11 is 0. The molecule has 2 aromatic carbocycles. The van der Waals surface area contributed by atoms with Crippen molar-refractivity contribution in [2.75, 3.05) is 12.4 Å². The van der Waals surface area contributed by atoms with Crippen LogP contribution < -0.4 is 15.8 Å². The molecule has 8 heteroatoms. The van der Waals surface area contributed by atoms with Gasteiger partial charge in [-0.15, -0.1) is 5.10 Å². The van der Waals surface area contributed by atoms with Gasteiger partial charge in [-0.05, 0) is 36.8 Å². The number of allylic oxidation sites excluding steroid dienone is 1. The maximum atomic E-state index is 12.2. The van der Waals surface area contributed by atoms with Gasteiger partial charge >= 0.3 is 0 Å². The van der Waals surface area contributed by atoms with Gasteiger partial charge in [0.15, 0.2) is 5.82 Å². The summed E-state index contributed by atoms with van der Waals surface area (Å²) in [6.45, 7) is 1.77. The molecule has 0 saturated carbocycles. The van der Waals surface area contributed by atoms with E-state index in [1.165, 1.54) is 0 Å². The van der Waals surface area contributed by atoms with Crippen LogP contribution in [0.5, 0.6) is 11.5 Å². The first-order chi connectivity index (χ1) is 13.5. The summed E-state index contributed by atoms with van der Waals surface area (Å²) in [5.74, 6) is 1.17. The number of hydrogen-bond acceptors (Lipinski definition) is 6. The van der Waals surface area contributed by atoms with Crippen LogP contribution in [0.2, 0.25) is 0 Å². The van der Waals surface area contributed by atoms with Crippen LogP contribution in [0.3, 0.4) is 0 Å². The minimum Gasteiger partial charge on any atom is -0.508 e. The Balaban J connectivity index is 1.89. The summed E-state index contributed by atoms with van der Waals surface area (Å²) in [6.07, 6.45) is 0. The molecule has 1 atom stereocenters. The van der Waals surface area contributed by atoms with E-state index in [4.69, 9.17) is 10.5 Å². The number of phenolic OH excluding ortho intramolecular Hbond substituents is 1. The van der Waals surface area contributed by atoms with Crippen LogP contribution in [0, 0.1) is 0 Å². The molecule has 2 heterocycles. The molecule has 0 radical (unpaired) electrons. The Labute approximate surface area is 161 Å². The van der Waals surface area contributed by atoms with Crippen LogP contribution >= 0.6 is 0 Å². The van der Waals surface area contributed by atoms with Crippen molar-refractivity contribution in [1.29, 1.82) is 0 Å². The Morgan fingerprint density at radius 3 is 2.61 bits per heavy atom.